The molecule has 8 N–H and O–H groups in total. The van der Waals surface area contributed by atoms with Crippen LogP contribution in [0.3, 0.4) is 0 Å². The lowest BCUT2D eigenvalue weighted by Crippen LogP contribution is -2.70. The van der Waals surface area contributed by atoms with Gasteiger partial charge in [0.2, 0.25) is 11.7 Å². The number of aliphatic hydroxyl groups excluding tert-OH is 3. The van der Waals surface area contributed by atoms with E-state index in [0.29, 0.717) is 5.56 Å². The van der Waals surface area contributed by atoms with Gasteiger partial charge in [0, 0.05) is 29.5 Å². The number of phenolic OH excluding ortho intramolecular Hbond substituents is 1. The number of phenols is 1. The molecular formula is C28H32N3O9. The van der Waals surface area contributed by atoms with Crippen LogP contribution < -0.4 is 11.1 Å². The number of hydrogen-bond acceptors (Lipinski definition) is 10. The maximum absolute atomic E-state index is 13.9. The molecule has 1 aromatic rings. The van der Waals surface area contributed by atoms with Crippen LogP contribution >= 0.6 is 0 Å². The third kappa shape index (κ3) is 4.28. The van der Waals surface area contributed by atoms with Crippen LogP contribution in [0.4, 0.5) is 0 Å². The van der Waals surface area contributed by atoms with E-state index in [1.54, 1.807) is 20.8 Å². The number of aromatic hydroxyl groups is 1. The first-order chi connectivity index (χ1) is 18.4. The fourth-order valence-corrected chi connectivity index (χ4v) is 5.78. The van der Waals surface area contributed by atoms with Gasteiger partial charge in [0.15, 0.2) is 11.4 Å². The zero-order valence-electron chi connectivity index (χ0n) is 22.6. The molecule has 0 heterocycles. The van der Waals surface area contributed by atoms with Gasteiger partial charge in [-0.3, -0.25) is 24.1 Å². The highest BCUT2D eigenvalue weighted by Gasteiger charge is 2.67. The van der Waals surface area contributed by atoms with E-state index in [2.05, 4.69) is 5.32 Å². The second kappa shape index (κ2) is 9.58. The number of benzene rings is 1. The van der Waals surface area contributed by atoms with Crippen LogP contribution in [0.15, 0.2) is 35.1 Å². The fraction of sp³-hybridized carbons (Fsp3) is 0.393. The number of rotatable bonds is 4. The van der Waals surface area contributed by atoms with Gasteiger partial charge in [0.25, 0.3) is 5.91 Å². The molecular weight excluding hydrogens is 522 g/mol. The van der Waals surface area contributed by atoms with E-state index in [9.17, 15) is 44.7 Å². The summed E-state index contributed by atoms with van der Waals surface area (Å²) in [4.78, 5) is 52.8. The molecule has 4 rings (SSSR count). The quantitative estimate of drug-likeness (QED) is 0.194. The van der Waals surface area contributed by atoms with Crippen molar-refractivity contribution in [2.24, 2.45) is 17.6 Å². The second-order valence-electron chi connectivity index (χ2n) is 11.5. The largest absolute Gasteiger partial charge is 0.508 e. The molecule has 12 nitrogen and oxygen atoms in total. The molecule has 1 saturated carbocycles. The molecule has 0 aliphatic heterocycles. The van der Waals surface area contributed by atoms with E-state index >= 15 is 0 Å². The van der Waals surface area contributed by atoms with E-state index in [0.717, 1.165) is 0 Å². The van der Waals surface area contributed by atoms with Crippen molar-refractivity contribution < 1.29 is 44.7 Å². The summed E-state index contributed by atoms with van der Waals surface area (Å²) in [5, 5.41) is 58.7. The van der Waals surface area contributed by atoms with E-state index in [1.807, 2.05) is 0 Å². The van der Waals surface area contributed by atoms with Crippen molar-refractivity contribution in [2.45, 2.75) is 44.1 Å². The fourth-order valence-electron chi connectivity index (χ4n) is 5.78. The number of carbonyl (C=O) groups excluding carboxylic acids is 4. The minimum atomic E-state index is -2.99. The highest BCUT2D eigenvalue weighted by molar-refractivity contribution is 6.24. The third-order valence-corrected chi connectivity index (χ3v) is 7.41. The Morgan fingerprint density at radius 1 is 1.12 bits per heavy atom. The summed E-state index contributed by atoms with van der Waals surface area (Å²) >= 11 is 0. The monoisotopic (exact) mass is 554 g/mol. The van der Waals surface area contributed by atoms with Crippen LogP contribution in [-0.2, 0) is 19.2 Å². The number of nitrogens with one attached hydrogen (secondary N) is 1. The van der Waals surface area contributed by atoms with Gasteiger partial charge in [0.1, 0.15) is 22.8 Å². The van der Waals surface area contributed by atoms with Gasteiger partial charge in [-0.05, 0) is 58.1 Å². The second-order valence-corrected chi connectivity index (χ2v) is 11.5. The number of carbonyl (C=O) groups is 4. The Hall–Kier alpha value is -4.00. The van der Waals surface area contributed by atoms with Gasteiger partial charge in [-0.25, -0.2) is 0 Å². The molecule has 0 spiro atoms. The predicted molar refractivity (Wildman–Crippen MR) is 142 cm³/mol. The summed E-state index contributed by atoms with van der Waals surface area (Å²) in [6, 6.07) is 1.25. The van der Waals surface area contributed by atoms with Crippen molar-refractivity contribution >= 4 is 35.2 Å². The molecule has 3 aliphatic carbocycles. The normalized spacial score (nSPS) is 28.5. The number of primary amides is 1. The Morgan fingerprint density at radius 3 is 2.30 bits per heavy atom. The molecule has 0 saturated heterocycles. The van der Waals surface area contributed by atoms with E-state index < -0.39 is 86.9 Å². The number of ketones is 2. The summed E-state index contributed by atoms with van der Waals surface area (Å²) in [6.45, 7) is 5.41. The van der Waals surface area contributed by atoms with Crippen LogP contribution in [0.1, 0.15) is 37.5 Å². The number of fused-ring (bicyclic) bond motifs is 3. The molecule has 213 valence electrons. The standard InChI is InChI=1S/C28H32N3O9/c1-27(2,3)30-15(33)9-7-11-6-8-14(32)16-12(11)10-13-17(22(16)35)24(37)28(40)19(21(13)34)20(31(4)5)23(36)18(25(28)38)26(29)39/h6-10,13,19-21,32,34-35,38,40H,1-5H3,(H2,29,39)(H,30,33)/b9-7+/t13-,19-,20+,21+,28+/m1/s1. The number of nitrogens with two attached hydrogens (primary N) is 1. The van der Waals surface area contributed by atoms with E-state index in [4.69, 9.17) is 5.73 Å². The van der Waals surface area contributed by atoms with Crippen molar-refractivity contribution in [1.82, 2.24) is 10.2 Å². The summed E-state index contributed by atoms with van der Waals surface area (Å²) in [5.41, 5.74) is 0.609. The zero-order chi connectivity index (χ0) is 30.1. The molecule has 1 fully saturated rings. The first-order valence-corrected chi connectivity index (χ1v) is 12.5. The maximum atomic E-state index is 13.9. The Morgan fingerprint density at radius 2 is 1.75 bits per heavy atom. The van der Waals surface area contributed by atoms with Crippen LogP contribution in [0.5, 0.6) is 5.75 Å². The number of hydrogen-bond donors (Lipinski definition) is 7. The predicted octanol–water partition coefficient (Wildman–Crippen LogP) is -0.127. The molecule has 0 unspecified atom stereocenters. The highest BCUT2D eigenvalue weighted by Crippen LogP contribution is 2.53. The topological polar surface area (TPSA) is 211 Å². The molecule has 5 atom stereocenters. The van der Waals surface area contributed by atoms with Gasteiger partial charge in [-0.1, -0.05) is 6.07 Å². The van der Waals surface area contributed by atoms with Gasteiger partial charge < -0.3 is 36.6 Å². The molecule has 0 bridgehead atoms. The zero-order valence-corrected chi connectivity index (χ0v) is 22.6. The van der Waals surface area contributed by atoms with E-state index in [-0.39, 0.29) is 11.1 Å². The number of nitrogens with zero attached hydrogens (tertiary/aromatic N) is 1. The van der Waals surface area contributed by atoms with Crippen molar-refractivity contribution in [2.75, 3.05) is 14.1 Å². The average molecular weight is 555 g/mol. The molecule has 1 radical (unpaired) electrons. The van der Waals surface area contributed by atoms with Crippen LogP contribution in [0.2, 0.25) is 0 Å². The Bertz CT molecular complexity index is 1430. The van der Waals surface area contributed by atoms with Gasteiger partial charge in [0.05, 0.1) is 23.6 Å². The molecule has 12 heteroatoms. The molecule has 1 aromatic carbocycles. The van der Waals surface area contributed by atoms with Gasteiger partial charge in [-0.15, -0.1) is 0 Å². The molecule has 2 amide bonds. The van der Waals surface area contributed by atoms with Crippen molar-refractivity contribution in [3.63, 3.8) is 0 Å². The van der Waals surface area contributed by atoms with Crippen molar-refractivity contribution in [1.29, 1.82) is 0 Å². The number of amides is 2. The lowest BCUT2D eigenvalue weighted by molar-refractivity contribution is -0.167. The Kier molecular flexibility index (Phi) is 6.94. The molecule has 0 aromatic heterocycles. The average Bonchev–Trinajstić information content (AvgIpc) is 2.82. The van der Waals surface area contributed by atoms with E-state index in [1.165, 1.54) is 49.7 Å². The lowest BCUT2D eigenvalue weighted by atomic mass is 9.56. The van der Waals surface area contributed by atoms with Crippen LogP contribution in [-0.4, -0.2) is 91.2 Å². The first kappa shape index (κ1) is 29.0. The first-order valence-electron chi connectivity index (χ1n) is 12.5. The Labute approximate surface area is 230 Å². The smallest absolute Gasteiger partial charge is 0.255 e. The Balaban J connectivity index is 1.92. The number of likely N-dealkylation sites (N-methyl/N-ethyl adjacent to an activating group) is 1. The maximum Gasteiger partial charge on any atom is 0.255 e. The van der Waals surface area contributed by atoms with Gasteiger partial charge in [-0.2, -0.15) is 0 Å². The summed E-state index contributed by atoms with van der Waals surface area (Å²) in [5.74, 6) is -9.56. The van der Waals surface area contributed by atoms with Crippen LogP contribution in [0.25, 0.3) is 11.8 Å². The molecule has 3 aliphatic rings. The highest BCUT2D eigenvalue weighted by atomic mass is 16.4. The third-order valence-electron chi connectivity index (χ3n) is 7.41. The number of aliphatic hydroxyl groups is 4. The minimum Gasteiger partial charge on any atom is -0.508 e. The van der Waals surface area contributed by atoms with Gasteiger partial charge >= 0.3 is 0 Å². The lowest BCUT2D eigenvalue weighted by Gasteiger charge is -2.52. The van der Waals surface area contributed by atoms with Crippen molar-refractivity contribution in [3.05, 3.63) is 58.2 Å². The summed E-state index contributed by atoms with van der Waals surface area (Å²) < 4.78 is 0. The molecule has 40 heavy (non-hydrogen) atoms. The van der Waals surface area contributed by atoms with Crippen molar-refractivity contribution in [3.8, 4) is 5.75 Å². The minimum absolute atomic E-state index is 0.185. The summed E-state index contributed by atoms with van der Waals surface area (Å²) in [7, 11) is 2.85. The van der Waals surface area contributed by atoms with Crippen LogP contribution in [0, 0.1) is 18.3 Å². The number of Topliss-reactive ketones (excluding diaryl/α,β-unsaturated/α-hetero) is 2. The summed E-state index contributed by atoms with van der Waals surface area (Å²) in [6.07, 6.45) is 2.32. The SMILES string of the molecule is CN(C)[C@@H]1C(=O)C(C(N)=O)=C(O)[C@@]2(O)C(=O)C3=C(O)c4c(O)ccc(/C=C/C(=O)NC(C)(C)C)c4[CH][C@H]3[C@H](O)[C@@H]12.